The van der Waals surface area contributed by atoms with Gasteiger partial charge in [-0.15, -0.1) is 0 Å². The van der Waals surface area contributed by atoms with Crippen molar-refractivity contribution < 1.29 is 0 Å². The normalized spacial score (nSPS) is 47.7. The van der Waals surface area contributed by atoms with Gasteiger partial charge in [-0.25, -0.2) is 0 Å². The minimum Gasteiger partial charge on any atom is -0.0620 e. The van der Waals surface area contributed by atoms with Gasteiger partial charge >= 0.3 is 0 Å². The van der Waals surface area contributed by atoms with E-state index < -0.39 is 0 Å². The van der Waals surface area contributed by atoms with E-state index in [-0.39, 0.29) is 0 Å². The molecule has 0 N–H and O–H groups in total. The Labute approximate surface area is 138 Å². The van der Waals surface area contributed by atoms with Crippen LogP contribution in [0, 0.1) is 40.9 Å². The smallest absolute Gasteiger partial charge is 0.0323 e. The van der Waals surface area contributed by atoms with Crippen molar-refractivity contribution in [1.29, 1.82) is 0 Å². The fourth-order valence-corrected chi connectivity index (χ4v) is 7.75. The highest BCUT2D eigenvalue weighted by molar-refractivity contribution is 5.02. The molecule has 4 aliphatic rings. The van der Waals surface area contributed by atoms with Crippen LogP contribution >= 0.6 is 0 Å². The van der Waals surface area contributed by atoms with Gasteiger partial charge in [0.2, 0.25) is 0 Å². The zero-order valence-electron chi connectivity index (χ0n) is 15.2. The molecule has 0 spiro atoms. The number of hydrogen-bond acceptors (Lipinski definition) is 0. The summed E-state index contributed by atoms with van der Waals surface area (Å²) in [4.78, 5) is 0. The summed E-state index contributed by atoms with van der Waals surface area (Å²) < 4.78 is 0. The summed E-state index contributed by atoms with van der Waals surface area (Å²) in [5.74, 6) is 6.64. The van der Waals surface area contributed by atoms with E-state index in [0.717, 1.165) is 35.5 Å². The van der Waals surface area contributed by atoms with E-state index in [9.17, 15) is 0 Å². The Kier molecular flexibility index (Phi) is 4.33. The van der Waals surface area contributed by atoms with E-state index in [2.05, 4.69) is 13.8 Å². The maximum absolute atomic E-state index is 2.65. The Balaban J connectivity index is 1.52. The van der Waals surface area contributed by atoms with Crippen LogP contribution in [-0.2, 0) is 0 Å². The summed E-state index contributed by atoms with van der Waals surface area (Å²) in [6.07, 6.45) is 20.1. The standard InChI is InChI=1S/C22H38/c1-16-18-10-4-5-11-20(18)21-17(9-8-12-19(16)21)15-22(2)13-6-3-7-14-22/h16-21H,3-15H2,1-2H3. The zero-order chi connectivity index (χ0) is 15.2. The van der Waals surface area contributed by atoms with Gasteiger partial charge in [-0.3, -0.25) is 0 Å². The third-order valence-electron chi connectivity index (χ3n) is 8.69. The second-order valence-corrected chi connectivity index (χ2v) is 9.98. The molecular formula is C22H38. The van der Waals surface area contributed by atoms with E-state index in [1.165, 1.54) is 38.5 Å². The Morgan fingerprint density at radius 1 is 0.727 bits per heavy atom. The Morgan fingerprint density at radius 3 is 2.18 bits per heavy atom. The van der Waals surface area contributed by atoms with Crippen molar-refractivity contribution in [3.63, 3.8) is 0 Å². The molecule has 4 fully saturated rings. The Bertz CT molecular complexity index is 377. The minimum atomic E-state index is 0.709. The van der Waals surface area contributed by atoms with Gasteiger partial charge in [0, 0.05) is 0 Å². The fraction of sp³-hybridized carbons (Fsp3) is 1.00. The van der Waals surface area contributed by atoms with Crippen LogP contribution in [0.3, 0.4) is 0 Å². The lowest BCUT2D eigenvalue weighted by Crippen LogP contribution is -2.35. The molecule has 126 valence electrons. The predicted molar refractivity (Wildman–Crippen MR) is 94.7 cm³/mol. The van der Waals surface area contributed by atoms with Crippen LogP contribution in [0.1, 0.15) is 97.3 Å². The molecule has 0 saturated heterocycles. The van der Waals surface area contributed by atoms with E-state index in [1.807, 2.05) is 0 Å². The van der Waals surface area contributed by atoms with Crippen molar-refractivity contribution >= 4 is 0 Å². The largest absolute Gasteiger partial charge is 0.0620 e. The molecule has 22 heavy (non-hydrogen) atoms. The lowest BCUT2D eigenvalue weighted by Gasteiger charge is -2.44. The van der Waals surface area contributed by atoms with Gasteiger partial charge in [0.25, 0.3) is 0 Å². The van der Waals surface area contributed by atoms with Crippen LogP contribution < -0.4 is 0 Å². The van der Waals surface area contributed by atoms with Gasteiger partial charge < -0.3 is 0 Å². The summed E-state index contributed by atoms with van der Waals surface area (Å²) in [6, 6.07) is 0. The van der Waals surface area contributed by atoms with Crippen molar-refractivity contribution in [3.05, 3.63) is 0 Å². The first-order valence-electron chi connectivity index (χ1n) is 10.7. The first-order chi connectivity index (χ1) is 10.7. The van der Waals surface area contributed by atoms with Gasteiger partial charge in [0.05, 0.1) is 0 Å². The molecule has 4 saturated carbocycles. The first-order valence-corrected chi connectivity index (χ1v) is 10.7. The summed E-state index contributed by atoms with van der Waals surface area (Å²) >= 11 is 0. The maximum atomic E-state index is 2.65. The Morgan fingerprint density at radius 2 is 1.41 bits per heavy atom. The van der Waals surface area contributed by atoms with E-state index in [1.54, 1.807) is 44.9 Å². The molecule has 0 radical (unpaired) electrons. The topological polar surface area (TPSA) is 0 Å². The highest BCUT2D eigenvalue weighted by atomic mass is 14.6. The third kappa shape index (κ3) is 2.67. The lowest BCUT2D eigenvalue weighted by atomic mass is 9.61. The molecule has 4 rings (SSSR count). The van der Waals surface area contributed by atoms with Gasteiger partial charge in [-0.05, 0) is 79.4 Å². The van der Waals surface area contributed by atoms with Crippen molar-refractivity contribution in [2.75, 3.05) is 0 Å². The van der Waals surface area contributed by atoms with Gasteiger partial charge in [0.1, 0.15) is 0 Å². The molecule has 0 heterocycles. The van der Waals surface area contributed by atoms with Crippen molar-refractivity contribution in [2.45, 2.75) is 97.3 Å². The van der Waals surface area contributed by atoms with Crippen LogP contribution in [0.2, 0.25) is 0 Å². The molecule has 4 aliphatic carbocycles. The molecule has 0 nitrogen and oxygen atoms in total. The van der Waals surface area contributed by atoms with Crippen molar-refractivity contribution in [3.8, 4) is 0 Å². The van der Waals surface area contributed by atoms with Crippen molar-refractivity contribution in [1.82, 2.24) is 0 Å². The van der Waals surface area contributed by atoms with Crippen LogP contribution in [0.4, 0.5) is 0 Å². The number of hydrogen-bond donors (Lipinski definition) is 0. The molecule has 0 aromatic heterocycles. The molecular weight excluding hydrogens is 264 g/mol. The first kappa shape index (κ1) is 15.5. The van der Waals surface area contributed by atoms with Crippen LogP contribution in [-0.4, -0.2) is 0 Å². The molecule has 0 bridgehead atoms. The maximum Gasteiger partial charge on any atom is -0.0323 e. The molecule has 0 aromatic rings. The highest BCUT2D eigenvalue weighted by Gasteiger charge is 2.52. The highest BCUT2D eigenvalue weighted by Crippen LogP contribution is 2.60. The van der Waals surface area contributed by atoms with E-state index in [0.29, 0.717) is 5.41 Å². The van der Waals surface area contributed by atoms with Crippen LogP contribution in [0.25, 0.3) is 0 Å². The Hall–Kier alpha value is 0. The molecule has 6 atom stereocenters. The summed E-state index contributed by atoms with van der Waals surface area (Å²) in [7, 11) is 0. The van der Waals surface area contributed by atoms with Gasteiger partial charge in [0.15, 0.2) is 0 Å². The molecule has 0 amide bonds. The average molecular weight is 303 g/mol. The minimum absolute atomic E-state index is 0.709. The monoisotopic (exact) mass is 302 g/mol. The van der Waals surface area contributed by atoms with Crippen molar-refractivity contribution in [2.24, 2.45) is 40.9 Å². The number of fused-ring (bicyclic) bond motifs is 3. The SMILES string of the molecule is CC1C2CCCCC2C2C(CC3(C)CCCCC3)CCCC12. The molecule has 0 aromatic carbocycles. The van der Waals surface area contributed by atoms with Gasteiger partial charge in [-0.1, -0.05) is 58.8 Å². The lowest BCUT2D eigenvalue weighted by molar-refractivity contribution is 0.0580. The third-order valence-corrected chi connectivity index (χ3v) is 8.69. The molecule has 0 heteroatoms. The van der Waals surface area contributed by atoms with Gasteiger partial charge in [-0.2, -0.15) is 0 Å². The summed E-state index contributed by atoms with van der Waals surface area (Å²) in [5, 5.41) is 0. The average Bonchev–Trinajstić information content (AvgIpc) is 2.83. The summed E-state index contributed by atoms with van der Waals surface area (Å²) in [6.45, 7) is 5.28. The van der Waals surface area contributed by atoms with E-state index in [4.69, 9.17) is 0 Å². The quantitative estimate of drug-likeness (QED) is 0.524. The van der Waals surface area contributed by atoms with Crippen LogP contribution in [0.15, 0.2) is 0 Å². The second kappa shape index (κ2) is 6.14. The zero-order valence-corrected chi connectivity index (χ0v) is 15.2. The number of rotatable bonds is 2. The molecule has 0 aliphatic heterocycles. The summed E-state index contributed by atoms with van der Waals surface area (Å²) in [5.41, 5.74) is 0.709. The predicted octanol–water partition coefficient (Wildman–Crippen LogP) is 6.84. The van der Waals surface area contributed by atoms with E-state index >= 15 is 0 Å². The fourth-order valence-electron chi connectivity index (χ4n) is 7.75. The van der Waals surface area contributed by atoms with Crippen LogP contribution in [0.5, 0.6) is 0 Å². The second-order valence-electron chi connectivity index (χ2n) is 9.98. The molecule has 6 unspecified atom stereocenters.